The minimum Gasteiger partial charge on any atom is -0.481 e. The fraction of sp³-hybridized carbons (Fsp3) is 0.115. The number of carbonyl (C=O) groups is 2. The Morgan fingerprint density at radius 3 is 2.32 bits per heavy atom. The topological polar surface area (TPSA) is 91.2 Å². The summed E-state index contributed by atoms with van der Waals surface area (Å²) in [6.45, 7) is 3.69. The highest BCUT2D eigenvalue weighted by Crippen LogP contribution is 2.35. The van der Waals surface area contributed by atoms with Gasteiger partial charge >= 0.3 is 0 Å². The van der Waals surface area contributed by atoms with Crippen LogP contribution in [0.15, 0.2) is 75.2 Å². The van der Waals surface area contributed by atoms with Gasteiger partial charge in [-0.05, 0) is 98.8 Å². The lowest BCUT2D eigenvalue weighted by atomic mass is 10.1. The molecule has 3 rings (SSSR count). The molecule has 0 aliphatic rings. The number of anilines is 2. The van der Waals surface area contributed by atoms with Crippen LogP contribution >= 0.6 is 31.9 Å². The van der Waals surface area contributed by atoms with Gasteiger partial charge < -0.3 is 15.4 Å². The SMILES string of the molecule is Cc1ccc(C)c(NC(=O)COc2c(Br)cc(/C=C(\C#N)C(=O)Nc3ccccc3)cc2Br)c1. The number of nitriles is 1. The van der Waals surface area contributed by atoms with Crippen LogP contribution in [0.25, 0.3) is 6.08 Å². The normalized spacial score (nSPS) is 10.9. The van der Waals surface area contributed by atoms with Crippen molar-refractivity contribution in [3.05, 3.63) is 91.9 Å². The maximum atomic E-state index is 12.5. The Bertz CT molecular complexity index is 1280. The Morgan fingerprint density at radius 1 is 1.00 bits per heavy atom. The Labute approximate surface area is 214 Å². The highest BCUT2D eigenvalue weighted by atomic mass is 79.9. The van der Waals surface area contributed by atoms with Crippen molar-refractivity contribution in [2.24, 2.45) is 0 Å². The van der Waals surface area contributed by atoms with Crippen molar-refractivity contribution < 1.29 is 14.3 Å². The monoisotopic (exact) mass is 581 g/mol. The number of hydrogen-bond acceptors (Lipinski definition) is 4. The lowest BCUT2D eigenvalue weighted by Gasteiger charge is -2.13. The maximum Gasteiger partial charge on any atom is 0.266 e. The molecule has 3 aromatic rings. The van der Waals surface area contributed by atoms with Crippen molar-refractivity contribution >= 4 is 61.1 Å². The molecule has 0 bridgehead atoms. The molecule has 0 heterocycles. The Balaban J connectivity index is 1.70. The summed E-state index contributed by atoms with van der Waals surface area (Å²) < 4.78 is 6.84. The van der Waals surface area contributed by atoms with Crippen LogP contribution in [0, 0.1) is 25.2 Å². The van der Waals surface area contributed by atoms with E-state index in [0.717, 1.165) is 16.8 Å². The molecule has 2 N–H and O–H groups in total. The molecule has 34 heavy (non-hydrogen) atoms. The first-order valence-electron chi connectivity index (χ1n) is 10.2. The number of nitrogens with zero attached hydrogens (tertiary/aromatic N) is 1. The Hall–Kier alpha value is -3.41. The van der Waals surface area contributed by atoms with Crippen LogP contribution in [0.5, 0.6) is 5.75 Å². The van der Waals surface area contributed by atoms with Crippen LogP contribution in [0.1, 0.15) is 16.7 Å². The van der Waals surface area contributed by atoms with Gasteiger partial charge in [-0.25, -0.2) is 0 Å². The molecule has 2 amide bonds. The van der Waals surface area contributed by atoms with Gasteiger partial charge in [0.05, 0.1) is 8.95 Å². The molecule has 0 saturated heterocycles. The molecule has 8 heteroatoms. The fourth-order valence-corrected chi connectivity index (χ4v) is 4.48. The fourth-order valence-electron chi connectivity index (χ4n) is 3.03. The third kappa shape index (κ3) is 6.80. The summed E-state index contributed by atoms with van der Waals surface area (Å²) >= 11 is 6.88. The van der Waals surface area contributed by atoms with Crippen molar-refractivity contribution in [2.45, 2.75) is 13.8 Å². The van der Waals surface area contributed by atoms with Crippen LogP contribution in [0.2, 0.25) is 0 Å². The van der Waals surface area contributed by atoms with E-state index in [1.54, 1.807) is 36.4 Å². The molecular weight excluding hydrogens is 562 g/mol. The average Bonchev–Trinajstić information content (AvgIpc) is 2.80. The van der Waals surface area contributed by atoms with Gasteiger partial charge in [-0.1, -0.05) is 30.3 Å². The summed E-state index contributed by atoms with van der Waals surface area (Å²) in [5.41, 5.74) is 3.89. The summed E-state index contributed by atoms with van der Waals surface area (Å²) in [6, 6.07) is 20.1. The van der Waals surface area contributed by atoms with E-state index in [9.17, 15) is 14.9 Å². The van der Waals surface area contributed by atoms with E-state index in [1.165, 1.54) is 6.08 Å². The average molecular weight is 583 g/mol. The molecule has 172 valence electrons. The molecule has 0 atom stereocenters. The number of nitrogens with one attached hydrogen (secondary N) is 2. The number of amides is 2. The zero-order chi connectivity index (χ0) is 24.7. The van der Waals surface area contributed by atoms with Crippen molar-refractivity contribution in [3.63, 3.8) is 0 Å². The zero-order valence-electron chi connectivity index (χ0n) is 18.5. The molecule has 0 spiro atoms. The molecule has 6 nitrogen and oxygen atoms in total. The number of aryl methyl sites for hydroxylation is 2. The van der Waals surface area contributed by atoms with E-state index in [4.69, 9.17) is 4.74 Å². The van der Waals surface area contributed by atoms with Gasteiger partial charge in [0.1, 0.15) is 17.4 Å². The molecule has 0 aliphatic carbocycles. The van der Waals surface area contributed by atoms with E-state index >= 15 is 0 Å². The van der Waals surface area contributed by atoms with E-state index in [2.05, 4.69) is 42.5 Å². The second-order valence-corrected chi connectivity index (χ2v) is 9.17. The predicted molar refractivity (Wildman–Crippen MR) is 141 cm³/mol. The van der Waals surface area contributed by atoms with Gasteiger partial charge in [-0.3, -0.25) is 9.59 Å². The van der Waals surface area contributed by atoms with Gasteiger partial charge in [0, 0.05) is 11.4 Å². The van der Waals surface area contributed by atoms with Crippen LogP contribution in [0.3, 0.4) is 0 Å². The number of rotatable bonds is 7. The molecule has 0 aliphatic heterocycles. The third-order valence-electron chi connectivity index (χ3n) is 4.74. The smallest absolute Gasteiger partial charge is 0.266 e. The maximum absolute atomic E-state index is 12.5. The second kappa shape index (κ2) is 11.6. The zero-order valence-corrected chi connectivity index (χ0v) is 21.7. The van der Waals surface area contributed by atoms with Crippen LogP contribution in [-0.4, -0.2) is 18.4 Å². The first-order chi connectivity index (χ1) is 16.3. The molecule has 0 radical (unpaired) electrons. The molecule has 0 saturated carbocycles. The quantitative estimate of drug-likeness (QED) is 0.249. The van der Waals surface area contributed by atoms with E-state index in [-0.39, 0.29) is 18.1 Å². The summed E-state index contributed by atoms with van der Waals surface area (Å²) in [4.78, 5) is 24.9. The molecule has 0 unspecified atom stereocenters. The van der Waals surface area contributed by atoms with Gasteiger partial charge in [-0.15, -0.1) is 0 Å². The number of ether oxygens (including phenoxy) is 1. The highest BCUT2D eigenvalue weighted by molar-refractivity contribution is 9.11. The van der Waals surface area contributed by atoms with E-state index in [0.29, 0.717) is 25.9 Å². The molecule has 3 aromatic carbocycles. The number of para-hydroxylation sites is 1. The number of halogens is 2. The highest BCUT2D eigenvalue weighted by Gasteiger charge is 2.14. The van der Waals surface area contributed by atoms with Crippen LogP contribution in [-0.2, 0) is 9.59 Å². The minimum atomic E-state index is -0.510. The molecular formula is C26H21Br2N3O3. The molecule has 0 fully saturated rings. The van der Waals surface area contributed by atoms with Gasteiger partial charge in [0.25, 0.3) is 11.8 Å². The number of carbonyl (C=O) groups excluding carboxylic acids is 2. The minimum absolute atomic E-state index is 0.0516. The Morgan fingerprint density at radius 2 is 1.68 bits per heavy atom. The summed E-state index contributed by atoms with van der Waals surface area (Å²) in [6.07, 6.45) is 1.48. The van der Waals surface area contributed by atoms with Gasteiger partial charge in [0.2, 0.25) is 0 Å². The first-order valence-corrected chi connectivity index (χ1v) is 11.8. The van der Waals surface area contributed by atoms with Crippen molar-refractivity contribution in [1.82, 2.24) is 0 Å². The summed E-state index contributed by atoms with van der Waals surface area (Å²) in [7, 11) is 0. The molecule has 0 aromatic heterocycles. The number of hydrogen-bond donors (Lipinski definition) is 2. The van der Waals surface area contributed by atoms with Gasteiger partial charge in [-0.2, -0.15) is 5.26 Å². The summed E-state index contributed by atoms with van der Waals surface area (Å²) in [5.74, 6) is -0.370. The lowest BCUT2D eigenvalue weighted by molar-refractivity contribution is -0.118. The van der Waals surface area contributed by atoms with Crippen molar-refractivity contribution in [2.75, 3.05) is 17.2 Å². The van der Waals surface area contributed by atoms with E-state index < -0.39 is 5.91 Å². The Kier molecular flexibility index (Phi) is 8.63. The van der Waals surface area contributed by atoms with Crippen LogP contribution in [0.4, 0.5) is 11.4 Å². The van der Waals surface area contributed by atoms with Crippen molar-refractivity contribution in [3.8, 4) is 11.8 Å². The summed E-state index contributed by atoms with van der Waals surface area (Å²) in [5, 5.41) is 15.0. The third-order valence-corrected chi connectivity index (χ3v) is 5.92. The first kappa shape index (κ1) is 25.2. The van der Waals surface area contributed by atoms with Crippen molar-refractivity contribution in [1.29, 1.82) is 5.26 Å². The van der Waals surface area contributed by atoms with Gasteiger partial charge in [0.15, 0.2) is 6.61 Å². The second-order valence-electron chi connectivity index (χ2n) is 7.46. The predicted octanol–water partition coefficient (Wildman–Crippen LogP) is 6.39. The number of benzene rings is 3. The largest absolute Gasteiger partial charge is 0.481 e. The van der Waals surface area contributed by atoms with Crippen LogP contribution < -0.4 is 15.4 Å². The van der Waals surface area contributed by atoms with E-state index in [1.807, 2.05) is 44.2 Å². The lowest BCUT2D eigenvalue weighted by Crippen LogP contribution is -2.21. The standard InChI is InChI=1S/C26H21Br2N3O3/c1-16-8-9-17(2)23(10-16)31-24(32)15-34-25-21(27)12-18(13-22(25)28)11-19(14-29)26(33)30-20-6-4-3-5-7-20/h3-13H,15H2,1-2H3,(H,30,33)(H,31,32)/b19-11+.